The van der Waals surface area contributed by atoms with E-state index in [9.17, 15) is 4.79 Å². The molecule has 1 saturated carbocycles. The molecule has 0 atom stereocenters. The van der Waals surface area contributed by atoms with Crippen LogP contribution >= 0.6 is 0 Å². The summed E-state index contributed by atoms with van der Waals surface area (Å²) in [5.41, 5.74) is 5.77. The molecule has 3 N–H and O–H groups in total. The number of carbonyl (C=O) groups excluding carboxylic acids is 1. The Labute approximate surface area is 101 Å². The lowest BCUT2D eigenvalue weighted by molar-refractivity contribution is -0.122. The van der Waals surface area contributed by atoms with Gasteiger partial charge in [-0.2, -0.15) is 0 Å². The average molecular weight is 237 g/mol. The van der Waals surface area contributed by atoms with E-state index in [0.29, 0.717) is 19.4 Å². The highest BCUT2D eigenvalue weighted by atomic mass is 16.1. The molecule has 1 amide bonds. The number of carbonyl (C=O) groups is 1. The molecule has 0 aliphatic heterocycles. The minimum absolute atomic E-state index is 0.0365. The molecule has 0 unspecified atom stereocenters. The number of aromatic nitrogens is 3. The fourth-order valence-corrected chi connectivity index (χ4v) is 2.04. The molecular weight excluding hydrogens is 218 g/mol. The Kier molecular flexibility index (Phi) is 3.42. The van der Waals surface area contributed by atoms with Crippen LogP contribution in [0.4, 0.5) is 0 Å². The lowest BCUT2D eigenvalue weighted by Crippen LogP contribution is -2.50. The van der Waals surface area contributed by atoms with Crippen LogP contribution in [0.25, 0.3) is 0 Å². The van der Waals surface area contributed by atoms with Gasteiger partial charge in [-0.15, -0.1) is 10.2 Å². The topological polar surface area (TPSA) is 85.8 Å². The number of nitrogens with zero attached hydrogens (tertiary/aromatic N) is 3. The van der Waals surface area contributed by atoms with Crippen molar-refractivity contribution < 1.29 is 4.79 Å². The maximum Gasteiger partial charge on any atom is 0.221 e. The van der Waals surface area contributed by atoms with Crippen molar-refractivity contribution in [2.24, 2.45) is 12.8 Å². The molecule has 0 bridgehead atoms. The van der Waals surface area contributed by atoms with Crippen molar-refractivity contribution in [1.82, 2.24) is 20.1 Å². The van der Waals surface area contributed by atoms with Crippen LogP contribution in [-0.2, 0) is 18.3 Å². The van der Waals surface area contributed by atoms with Gasteiger partial charge in [0.15, 0.2) is 0 Å². The van der Waals surface area contributed by atoms with Crippen molar-refractivity contribution >= 4 is 5.91 Å². The molecule has 94 valence electrons. The van der Waals surface area contributed by atoms with E-state index in [4.69, 9.17) is 5.73 Å². The SMILES string of the molecule is Cn1cnnc1CCNC(=O)CC1(N)CCC1. The standard InChI is InChI=1S/C11H19N5O/c1-16-8-14-15-9(16)3-6-13-10(17)7-11(12)4-2-5-11/h8H,2-7,12H2,1H3,(H,13,17). The minimum Gasteiger partial charge on any atom is -0.356 e. The molecule has 1 heterocycles. The molecule has 1 aromatic rings. The Morgan fingerprint density at radius 2 is 2.41 bits per heavy atom. The third-order valence-electron chi connectivity index (χ3n) is 3.34. The second-order valence-corrected chi connectivity index (χ2v) is 4.85. The molecular formula is C11H19N5O. The second kappa shape index (κ2) is 4.83. The van der Waals surface area contributed by atoms with Crippen molar-refractivity contribution in [3.63, 3.8) is 0 Å². The van der Waals surface area contributed by atoms with Gasteiger partial charge in [-0.25, -0.2) is 0 Å². The van der Waals surface area contributed by atoms with Gasteiger partial charge in [0.05, 0.1) is 0 Å². The number of hydrogen-bond donors (Lipinski definition) is 2. The normalized spacial score (nSPS) is 17.5. The Balaban J connectivity index is 1.68. The molecule has 17 heavy (non-hydrogen) atoms. The predicted octanol–water partition coefficient (Wildman–Crippen LogP) is -0.255. The van der Waals surface area contributed by atoms with Crippen LogP contribution in [-0.4, -0.2) is 32.8 Å². The maximum atomic E-state index is 11.6. The third kappa shape index (κ3) is 3.03. The van der Waals surface area contributed by atoms with Crippen LogP contribution in [0.2, 0.25) is 0 Å². The van der Waals surface area contributed by atoms with E-state index in [1.165, 1.54) is 0 Å². The van der Waals surface area contributed by atoms with Crippen molar-refractivity contribution in [2.45, 2.75) is 37.6 Å². The molecule has 1 aliphatic carbocycles. The van der Waals surface area contributed by atoms with Crippen LogP contribution in [0, 0.1) is 0 Å². The Morgan fingerprint density at radius 1 is 1.65 bits per heavy atom. The van der Waals surface area contributed by atoms with E-state index >= 15 is 0 Å². The quantitative estimate of drug-likeness (QED) is 0.739. The zero-order valence-corrected chi connectivity index (χ0v) is 10.1. The molecule has 1 aromatic heterocycles. The number of rotatable bonds is 5. The summed E-state index contributed by atoms with van der Waals surface area (Å²) in [4.78, 5) is 11.6. The van der Waals surface area contributed by atoms with Crippen molar-refractivity contribution in [2.75, 3.05) is 6.54 Å². The number of nitrogens with one attached hydrogen (secondary N) is 1. The Bertz CT molecular complexity index is 396. The van der Waals surface area contributed by atoms with E-state index in [2.05, 4.69) is 15.5 Å². The lowest BCUT2D eigenvalue weighted by Gasteiger charge is -2.37. The highest BCUT2D eigenvalue weighted by molar-refractivity contribution is 5.77. The zero-order chi connectivity index (χ0) is 12.3. The largest absolute Gasteiger partial charge is 0.356 e. The smallest absolute Gasteiger partial charge is 0.221 e. The van der Waals surface area contributed by atoms with E-state index in [-0.39, 0.29) is 11.4 Å². The van der Waals surface area contributed by atoms with Gasteiger partial charge in [-0.1, -0.05) is 0 Å². The number of nitrogens with two attached hydrogens (primary N) is 1. The van der Waals surface area contributed by atoms with E-state index in [1.807, 2.05) is 11.6 Å². The molecule has 0 aromatic carbocycles. The lowest BCUT2D eigenvalue weighted by atomic mass is 9.75. The van der Waals surface area contributed by atoms with Gasteiger partial charge in [0.1, 0.15) is 12.2 Å². The van der Waals surface area contributed by atoms with E-state index in [0.717, 1.165) is 25.1 Å². The van der Waals surface area contributed by atoms with Gasteiger partial charge in [-0.3, -0.25) is 4.79 Å². The van der Waals surface area contributed by atoms with Gasteiger partial charge < -0.3 is 15.6 Å². The molecule has 6 nitrogen and oxygen atoms in total. The summed E-state index contributed by atoms with van der Waals surface area (Å²) in [7, 11) is 1.89. The molecule has 0 spiro atoms. The van der Waals surface area contributed by atoms with Crippen LogP contribution in [0.1, 0.15) is 31.5 Å². The highest BCUT2D eigenvalue weighted by Crippen LogP contribution is 2.31. The van der Waals surface area contributed by atoms with Crippen molar-refractivity contribution in [3.8, 4) is 0 Å². The van der Waals surface area contributed by atoms with Gasteiger partial charge in [0, 0.05) is 32.0 Å². The number of amides is 1. The summed E-state index contributed by atoms with van der Waals surface area (Å²) in [6.45, 7) is 0.585. The number of hydrogen-bond acceptors (Lipinski definition) is 4. The van der Waals surface area contributed by atoms with Gasteiger partial charge in [0.2, 0.25) is 5.91 Å². The molecule has 1 fully saturated rings. The summed E-state index contributed by atoms with van der Waals surface area (Å²) >= 11 is 0. The van der Waals surface area contributed by atoms with Crippen LogP contribution in [0.5, 0.6) is 0 Å². The summed E-state index contributed by atoms with van der Waals surface area (Å²) < 4.78 is 1.85. The van der Waals surface area contributed by atoms with Gasteiger partial charge in [-0.05, 0) is 19.3 Å². The molecule has 2 rings (SSSR count). The van der Waals surface area contributed by atoms with Crippen LogP contribution < -0.4 is 11.1 Å². The van der Waals surface area contributed by atoms with Crippen molar-refractivity contribution in [3.05, 3.63) is 12.2 Å². The van der Waals surface area contributed by atoms with Crippen LogP contribution in [0.3, 0.4) is 0 Å². The Morgan fingerprint density at radius 3 is 2.94 bits per heavy atom. The minimum atomic E-state index is -0.241. The predicted molar refractivity (Wildman–Crippen MR) is 63.1 cm³/mol. The monoisotopic (exact) mass is 237 g/mol. The van der Waals surface area contributed by atoms with Gasteiger partial charge >= 0.3 is 0 Å². The highest BCUT2D eigenvalue weighted by Gasteiger charge is 2.34. The molecule has 1 aliphatic rings. The van der Waals surface area contributed by atoms with Crippen LogP contribution in [0.15, 0.2) is 6.33 Å². The molecule has 6 heteroatoms. The summed E-state index contributed by atoms with van der Waals surface area (Å²) in [6.07, 6.45) is 5.85. The molecule has 0 saturated heterocycles. The van der Waals surface area contributed by atoms with Crippen molar-refractivity contribution in [1.29, 1.82) is 0 Å². The average Bonchev–Trinajstić information content (AvgIpc) is 2.62. The van der Waals surface area contributed by atoms with Gasteiger partial charge in [0.25, 0.3) is 0 Å². The third-order valence-corrected chi connectivity index (χ3v) is 3.34. The summed E-state index contributed by atoms with van der Waals surface area (Å²) in [5.74, 6) is 0.908. The first-order valence-electron chi connectivity index (χ1n) is 5.97. The first-order chi connectivity index (χ1) is 8.09. The van der Waals surface area contributed by atoms with E-state index < -0.39 is 0 Å². The second-order valence-electron chi connectivity index (χ2n) is 4.85. The first-order valence-corrected chi connectivity index (χ1v) is 5.97. The first kappa shape index (κ1) is 12.0. The maximum absolute atomic E-state index is 11.6. The van der Waals surface area contributed by atoms with E-state index in [1.54, 1.807) is 6.33 Å². The molecule has 0 radical (unpaired) electrons. The number of aryl methyl sites for hydroxylation is 1. The fraction of sp³-hybridized carbons (Fsp3) is 0.727. The zero-order valence-electron chi connectivity index (χ0n) is 10.1. The fourth-order valence-electron chi connectivity index (χ4n) is 2.04. The Hall–Kier alpha value is -1.43. The summed E-state index contributed by atoms with van der Waals surface area (Å²) in [5, 5.41) is 10.6. The summed E-state index contributed by atoms with van der Waals surface area (Å²) in [6, 6.07) is 0.